The van der Waals surface area contributed by atoms with Crippen LogP contribution in [0.2, 0.25) is 0 Å². The SMILES string of the molecule is N[C@H]1CCCCN(C(=O)c2ccc(C(F)(F)F)cc2C(F)(F)F)C1. The van der Waals surface area contributed by atoms with E-state index in [0.717, 1.165) is 6.42 Å². The Kier molecular flexibility index (Phi) is 5.12. The minimum atomic E-state index is -5.07. The number of halogens is 6. The number of nitrogens with two attached hydrogens (primary N) is 1. The molecule has 1 heterocycles. The quantitative estimate of drug-likeness (QED) is 0.782. The van der Waals surface area contributed by atoms with Gasteiger partial charge in [-0.25, -0.2) is 0 Å². The molecule has 0 aliphatic carbocycles. The van der Waals surface area contributed by atoms with Crippen LogP contribution in [0.25, 0.3) is 0 Å². The molecule has 134 valence electrons. The summed E-state index contributed by atoms with van der Waals surface area (Å²) in [6.45, 7) is 0.308. The maximum atomic E-state index is 13.1. The van der Waals surface area contributed by atoms with Crippen LogP contribution in [0, 0.1) is 0 Å². The van der Waals surface area contributed by atoms with Gasteiger partial charge in [0.05, 0.1) is 16.7 Å². The molecule has 1 aliphatic rings. The van der Waals surface area contributed by atoms with Crippen LogP contribution in [-0.2, 0) is 12.4 Å². The Morgan fingerprint density at radius 2 is 1.75 bits per heavy atom. The lowest BCUT2D eigenvalue weighted by Gasteiger charge is -2.24. The van der Waals surface area contributed by atoms with Gasteiger partial charge in [-0.2, -0.15) is 26.3 Å². The summed E-state index contributed by atoms with van der Waals surface area (Å²) in [6.07, 6.45) is -8.03. The van der Waals surface area contributed by atoms with E-state index in [2.05, 4.69) is 0 Å². The third kappa shape index (κ3) is 4.19. The van der Waals surface area contributed by atoms with E-state index in [-0.39, 0.29) is 25.2 Å². The Hall–Kier alpha value is -1.77. The second-order valence-corrected chi connectivity index (χ2v) is 5.76. The molecule has 1 aliphatic heterocycles. The molecule has 2 N–H and O–H groups in total. The van der Waals surface area contributed by atoms with Gasteiger partial charge < -0.3 is 10.6 Å². The molecule has 24 heavy (non-hydrogen) atoms. The van der Waals surface area contributed by atoms with Crippen molar-refractivity contribution in [3.8, 4) is 0 Å². The average molecular weight is 354 g/mol. The third-order valence-corrected chi connectivity index (χ3v) is 3.88. The number of benzene rings is 1. The number of hydrogen-bond donors (Lipinski definition) is 1. The topological polar surface area (TPSA) is 46.3 Å². The fourth-order valence-corrected chi connectivity index (χ4v) is 2.67. The standard InChI is InChI=1S/C15H16F6N2O/c16-14(17,18)9-4-5-11(12(7-9)15(19,20)21)13(24)23-6-2-1-3-10(22)8-23/h4-5,7,10H,1-3,6,8,22H2/t10-/m0/s1. The molecule has 0 bridgehead atoms. The van der Waals surface area contributed by atoms with E-state index < -0.39 is 35.0 Å². The van der Waals surface area contributed by atoms with Crippen LogP contribution in [0.5, 0.6) is 0 Å². The summed E-state index contributed by atoms with van der Waals surface area (Å²) in [7, 11) is 0. The smallest absolute Gasteiger partial charge is 0.337 e. The lowest BCUT2D eigenvalue weighted by atomic mass is 10.0. The summed E-state index contributed by atoms with van der Waals surface area (Å²) in [4.78, 5) is 13.6. The zero-order chi connectivity index (χ0) is 18.1. The van der Waals surface area contributed by atoms with Crippen LogP contribution in [0.15, 0.2) is 18.2 Å². The van der Waals surface area contributed by atoms with Gasteiger partial charge in [0.2, 0.25) is 0 Å². The number of nitrogens with zero attached hydrogens (tertiary/aromatic N) is 1. The largest absolute Gasteiger partial charge is 0.417 e. The highest BCUT2D eigenvalue weighted by Gasteiger charge is 2.40. The first-order chi connectivity index (χ1) is 11.0. The fraction of sp³-hybridized carbons (Fsp3) is 0.533. The molecule has 0 aromatic heterocycles. The molecule has 1 aromatic rings. The first-order valence-corrected chi connectivity index (χ1v) is 7.33. The van der Waals surface area contributed by atoms with E-state index >= 15 is 0 Å². The van der Waals surface area contributed by atoms with Crippen molar-refractivity contribution >= 4 is 5.91 Å². The Bertz CT molecular complexity index is 611. The Labute approximate surface area is 134 Å². The molecular weight excluding hydrogens is 338 g/mol. The van der Waals surface area contributed by atoms with Gasteiger partial charge >= 0.3 is 12.4 Å². The summed E-state index contributed by atoms with van der Waals surface area (Å²) in [6, 6.07) is 0.690. The summed E-state index contributed by atoms with van der Waals surface area (Å²) in [5.74, 6) is -0.951. The molecular formula is C15H16F6N2O. The number of amides is 1. The van der Waals surface area contributed by atoms with Crippen LogP contribution < -0.4 is 5.73 Å². The van der Waals surface area contributed by atoms with Crippen LogP contribution in [0.4, 0.5) is 26.3 Å². The summed E-state index contributed by atoms with van der Waals surface area (Å²) < 4.78 is 77.4. The number of alkyl halides is 6. The van der Waals surface area contributed by atoms with E-state index in [1.54, 1.807) is 0 Å². The fourth-order valence-electron chi connectivity index (χ4n) is 2.67. The number of hydrogen-bond acceptors (Lipinski definition) is 2. The molecule has 0 unspecified atom stereocenters. The molecule has 1 atom stereocenters. The van der Waals surface area contributed by atoms with Gasteiger partial charge in [0.1, 0.15) is 0 Å². The van der Waals surface area contributed by atoms with Gasteiger partial charge in [-0.15, -0.1) is 0 Å². The normalized spacial score (nSPS) is 20.0. The van der Waals surface area contributed by atoms with Gasteiger partial charge in [-0.1, -0.05) is 6.42 Å². The molecule has 1 saturated heterocycles. The highest BCUT2D eigenvalue weighted by molar-refractivity contribution is 5.96. The van der Waals surface area contributed by atoms with E-state index in [0.29, 0.717) is 25.0 Å². The van der Waals surface area contributed by atoms with Gasteiger partial charge in [0, 0.05) is 19.1 Å². The maximum Gasteiger partial charge on any atom is 0.417 e. The minimum absolute atomic E-state index is 0.0228. The van der Waals surface area contributed by atoms with Gasteiger partial charge in [0.25, 0.3) is 5.91 Å². The van der Waals surface area contributed by atoms with E-state index in [1.807, 2.05) is 0 Å². The number of carbonyl (C=O) groups excluding carboxylic acids is 1. The molecule has 1 aromatic carbocycles. The molecule has 1 amide bonds. The van der Waals surface area contributed by atoms with Gasteiger partial charge in [-0.05, 0) is 31.0 Å². The lowest BCUT2D eigenvalue weighted by Crippen LogP contribution is -2.40. The van der Waals surface area contributed by atoms with Crippen molar-refractivity contribution in [3.05, 3.63) is 34.9 Å². The number of carbonyl (C=O) groups is 1. The van der Waals surface area contributed by atoms with Crippen molar-refractivity contribution in [2.45, 2.75) is 37.7 Å². The number of rotatable bonds is 1. The highest BCUT2D eigenvalue weighted by atomic mass is 19.4. The van der Waals surface area contributed by atoms with Gasteiger partial charge in [-0.3, -0.25) is 4.79 Å². The van der Waals surface area contributed by atoms with Crippen LogP contribution in [0.3, 0.4) is 0 Å². The summed E-state index contributed by atoms with van der Waals surface area (Å²) in [5, 5.41) is 0. The Balaban J connectivity index is 2.43. The predicted octanol–water partition coefficient (Wildman–Crippen LogP) is 3.68. The molecule has 3 nitrogen and oxygen atoms in total. The Morgan fingerprint density at radius 3 is 2.33 bits per heavy atom. The molecule has 0 spiro atoms. The van der Waals surface area contributed by atoms with E-state index in [9.17, 15) is 31.1 Å². The van der Waals surface area contributed by atoms with Crippen LogP contribution in [-0.4, -0.2) is 29.9 Å². The molecule has 0 saturated carbocycles. The van der Waals surface area contributed by atoms with Crippen molar-refractivity contribution in [1.82, 2.24) is 4.90 Å². The number of likely N-dealkylation sites (tertiary alicyclic amines) is 1. The second kappa shape index (κ2) is 6.62. The lowest BCUT2D eigenvalue weighted by molar-refractivity contribution is -0.143. The third-order valence-electron chi connectivity index (χ3n) is 3.88. The van der Waals surface area contributed by atoms with E-state index in [1.165, 1.54) is 4.90 Å². The minimum Gasteiger partial charge on any atom is -0.337 e. The summed E-state index contributed by atoms with van der Waals surface area (Å²) in [5.41, 5.74) is 1.97. The molecule has 1 fully saturated rings. The first kappa shape index (κ1) is 18.6. The van der Waals surface area contributed by atoms with Gasteiger partial charge in [0.15, 0.2) is 0 Å². The van der Waals surface area contributed by atoms with Crippen molar-refractivity contribution in [2.24, 2.45) is 5.73 Å². The monoisotopic (exact) mass is 354 g/mol. The Morgan fingerprint density at radius 1 is 1.08 bits per heavy atom. The van der Waals surface area contributed by atoms with Crippen molar-refractivity contribution in [3.63, 3.8) is 0 Å². The maximum absolute atomic E-state index is 13.1. The second-order valence-electron chi connectivity index (χ2n) is 5.76. The average Bonchev–Trinajstić information content (AvgIpc) is 2.68. The van der Waals surface area contributed by atoms with E-state index in [4.69, 9.17) is 5.73 Å². The first-order valence-electron chi connectivity index (χ1n) is 7.33. The van der Waals surface area contributed by atoms with Crippen LogP contribution in [0.1, 0.15) is 40.7 Å². The van der Waals surface area contributed by atoms with Crippen molar-refractivity contribution < 1.29 is 31.1 Å². The molecule has 0 radical (unpaired) electrons. The molecule has 2 rings (SSSR count). The summed E-state index contributed by atoms with van der Waals surface area (Å²) >= 11 is 0. The van der Waals surface area contributed by atoms with Crippen LogP contribution >= 0.6 is 0 Å². The van der Waals surface area contributed by atoms with Crippen molar-refractivity contribution in [2.75, 3.05) is 13.1 Å². The molecule has 9 heteroatoms. The zero-order valence-electron chi connectivity index (χ0n) is 12.5. The van der Waals surface area contributed by atoms with Crippen molar-refractivity contribution in [1.29, 1.82) is 0 Å². The zero-order valence-corrected chi connectivity index (χ0v) is 12.5. The predicted molar refractivity (Wildman–Crippen MR) is 74.2 cm³/mol. The highest BCUT2D eigenvalue weighted by Crippen LogP contribution is 2.37.